The fourth-order valence-corrected chi connectivity index (χ4v) is 5.42. The summed E-state index contributed by atoms with van der Waals surface area (Å²) in [5.41, 5.74) is 2.34. The van der Waals surface area contributed by atoms with Gasteiger partial charge in [0.2, 0.25) is 5.91 Å². The summed E-state index contributed by atoms with van der Waals surface area (Å²) < 4.78 is 49.6. The minimum atomic E-state index is -4.53. The molecule has 2 aromatic heterocycles. The van der Waals surface area contributed by atoms with Gasteiger partial charge in [0, 0.05) is 17.7 Å². The van der Waals surface area contributed by atoms with Crippen LogP contribution in [0.15, 0.2) is 61.2 Å². The largest absolute Gasteiger partial charge is 0.495 e. The van der Waals surface area contributed by atoms with E-state index in [9.17, 15) is 18.0 Å². The Morgan fingerprint density at radius 1 is 1.16 bits per heavy atom. The summed E-state index contributed by atoms with van der Waals surface area (Å²) in [7, 11) is 1.56. The van der Waals surface area contributed by atoms with Gasteiger partial charge in [0.15, 0.2) is 0 Å². The van der Waals surface area contributed by atoms with Gasteiger partial charge in [-0.05, 0) is 30.9 Å². The predicted octanol–water partition coefficient (Wildman–Crippen LogP) is 4.92. The molecule has 2 aliphatic rings. The molecule has 5 rings (SSSR count). The molecule has 1 fully saturated rings. The van der Waals surface area contributed by atoms with Crippen molar-refractivity contribution in [3.05, 3.63) is 66.9 Å². The Morgan fingerprint density at radius 3 is 2.61 bits per heavy atom. The zero-order valence-electron chi connectivity index (χ0n) is 21.6. The Bertz CT molecular complexity index is 1400. The van der Waals surface area contributed by atoms with E-state index in [0.717, 1.165) is 16.3 Å². The minimum absolute atomic E-state index is 0.268. The first kappa shape index (κ1) is 25.7. The van der Waals surface area contributed by atoms with Crippen LogP contribution in [0, 0.1) is 18.3 Å². The van der Waals surface area contributed by atoms with Gasteiger partial charge in [0.05, 0.1) is 37.1 Å². The molecule has 1 aliphatic carbocycles. The van der Waals surface area contributed by atoms with Crippen molar-refractivity contribution in [2.75, 3.05) is 13.7 Å². The first-order chi connectivity index (χ1) is 18.0. The fraction of sp³-hybridized carbons (Fsp3) is 0.407. The number of carbonyl (C=O) groups is 1. The van der Waals surface area contributed by atoms with Crippen molar-refractivity contribution in [2.24, 2.45) is 11.3 Å². The highest BCUT2D eigenvalue weighted by Gasteiger charge is 2.49. The van der Waals surface area contributed by atoms with Crippen molar-refractivity contribution in [3.8, 4) is 22.7 Å². The molecule has 0 spiro atoms. The molecule has 3 aromatic rings. The highest BCUT2D eigenvalue weighted by molar-refractivity contribution is 5.82. The van der Waals surface area contributed by atoms with Crippen LogP contribution in [0.2, 0.25) is 0 Å². The summed E-state index contributed by atoms with van der Waals surface area (Å²) in [6, 6.07) is 3.89. The van der Waals surface area contributed by atoms with Gasteiger partial charge in [0.1, 0.15) is 24.0 Å². The van der Waals surface area contributed by atoms with E-state index in [0.29, 0.717) is 23.4 Å². The van der Waals surface area contributed by atoms with Crippen molar-refractivity contribution in [1.82, 2.24) is 29.4 Å². The van der Waals surface area contributed by atoms with Crippen LogP contribution in [-0.2, 0) is 4.79 Å². The Kier molecular flexibility index (Phi) is 6.40. The van der Waals surface area contributed by atoms with Gasteiger partial charge in [-0.15, -0.1) is 5.10 Å². The molecule has 200 valence electrons. The van der Waals surface area contributed by atoms with Crippen LogP contribution in [0.25, 0.3) is 16.9 Å². The quantitative estimate of drug-likeness (QED) is 0.472. The highest BCUT2D eigenvalue weighted by atomic mass is 19.4. The van der Waals surface area contributed by atoms with Gasteiger partial charge in [-0.2, -0.15) is 13.2 Å². The SMILES string of the molecule is COc1cc(-c2cn([C@@H]3CC(C)(C)C4C=CC=CC4N(CC(F)(F)F)C3=O)nn2)ccc1-n1cnc(C)c1. The third kappa shape index (κ3) is 4.84. The summed E-state index contributed by atoms with van der Waals surface area (Å²) >= 11 is 0. The number of ether oxygens (including phenoxy) is 1. The van der Waals surface area contributed by atoms with E-state index in [4.69, 9.17) is 4.74 Å². The molecule has 3 atom stereocenters. The molecule has 0 radical (unpaired) electrons. The number of fused-ring (bicyclic) bond motifs is 1. The molecular weight excluding hydrogens is 497 g/mol. The molecule has 1 aromatic carbocycles. The number of benzene rings is 1. The standard InChI is InChI=1S/C27H29F3N6O2/c1-17-13-34(16-31-17)22-10-9-18(11-24(22)38-4)20-14-36(33-32-20)23-12-26(2,3)19-7-5-6-8-21(19)35(25(23)37)15-27(28,29)30/h5-11,13-14,16,19,21,23H,12,15H2,1-4H3/t19?,21?,23-/m1/s1. The van der Waals surface area contributed by atoms with Crippen molar-refractivity contribution in [2.45, 2.75) is 45.5 Å². The van der Waals surface area contributed by atoms with Crippen LogP contribution >= 0.6 is 0 Å². The van der Waals surface area contributed by atoms with Gasteiger partial charge in [0.25, 0.3) is 0 Å². The molecule has 2 unspecified atom stereocenters. The van der Waals surface area contributed by atoms with Crippen LogP contribution in [-0.4, -0.2) is 61.2 Å². The normalized spacial score (nSPS) is 22.9. The van der Waals surface area contributed by atoms with Gasteiger partial charge < -0.3 is 14.2 Å². The van der Waals surface area contributed by atoms with Gasteiger partial charge in [-0.1, -0.05) is 49.4 Å². The lowest BCUT2D eigenvalue weighted by Crippen LogP contribution is -2.49. The van der Waals surface area contributed by atoms with Gasteiger partial charge in [-0.3, -0.25) is 4.79 Å². The highest BCUT2D eigenvalue weighted by Crippen LogP contribution is 2.45. The lowest BCUT2D eigenvalue weighted by Gasteiger charge is -2.39. The number of hydrogen-bond acceptors (Lipinski definition) is 5. The maximum atomic E-state index is 13.7. The second-order valence-electron chi connectivity index (χ2n) is 10.5. The number of aryl methyl sites for hydroxylation is 1. The zero-order chi connectivity index (χ0) is 27.2. The molecule has 0 saturated carbocycles. The third-order valence-corrected chi connectivity index (χ3v) is 7.30. The number of nitrogens with zero attached hydrogens (tertiary/aromatic N) is 6. The second-order valence-corrected chi connectivity index (χ2v) is 10.5. The van der Waals surface area contributed by atoms with E-state index in [1.807, 2.05) is 55.8 Å². The van der Waals surface area contributed by atoms with Crippen molar-refractivity contribution < 1.29 is 22.7 Å². The molecule has 1 saturated heterocycles. The van der Waals surface area contributed by atoms with E-state index < -0.39 is 36.1 Å². The maximum Gasteiger partial charge on any atom is 0.406 e. The lowest BCUT2D eigenvalue weighted by molar-refractivity contribution is -0.166. The number of methoxy groups -OCH3 is 1. The second kappa shape index (κ2) is 9.45. The van der Waals surface area contributed by atoms with E-state index in [1.165, 1.54) is 4.68 Å². The molecule has 38 heavy (non-hydrogen) atoms. The van der Waals surface area contributed by atoms with Crippen LogP contribution < -0.4 is 4.74 Å². The summed E-state index contributed by atoms with van der Waals surface area (Å²) in [6.07, 6.45) is 8.06. The molecule has 11 heteroatoms. The Balaban J connectivity index is 1.50. The number of rotatable bonds is 5. The van der Waals surface area contributed by atoms with Gasteiger partial charge >= 0.3 is 6.18 Å². The van der Waals surface area contributed by atoms with Crippen LogP contribution in [0.1, 0.15) is 32.0 Å². The van der Waals surface area contributed by atoms with E-state index >= 15 is 0 Å². The van der Waals surface area contributed by atoms with Gasteiger partial charge in [-0.25, -0.2) is 9.67 Å². The molecular formula is C27H29F3N6O2. The Morgan fingerprint density at radius 2 is 1.92 bits per heavy atom. The fourth-order valence-electron chi connectivity index (χ4n) is 5.42. The average Bonchev–Trinajstić information content (AvgIpc) is 3.52. The summed E-state index contributed by atoms with van der Waals surface area (Å²) in [4.78, 5) is 18.9. The molecule has 1 aliphatic heterocycles. The Labute approximate surface area is 218 Å². The van der Waals surface area contributed by atoms with Crippen LogP contribution in [0.4, 0.5) is 13.2 Å². The number of allylic oxidation sites excluding steroid dienone is 2. The number of hydrogen-bond donors (Lipinski definition) is 0. The molecule has 1 amide bonds. The minimum Gasteiger partial charge on any atom is -0.495 e. The maximum absolute atomic E-state index is 13.7. The first-order valence-corrected chi connectivity index (χ1v) is 12.3. The molecule has 3 heterocycles. The molecule has 0 N–H and O–H groups in total. The lowest BCUT2D eigenvalue weighted by atomic mass is 9.70. The number of aromatic nitrogens is 5. The average molecular weight is 527 g/mol. The molecule has 8 nitrogen and oxygen atoms in total. The number of alkyl halides is 3. The molecule has 0 bridgehead atoms. The predicted molar refractivity (Wildman–Crippen MR) is 135 cm³/mol. The number of carbonyl (C=O) groups excluding carboxylic acids is 1. The number of halogens is 3. The van der Waals surface area contributed by atoms with Crippen molar-refractivity contribution in [3.63, 3.8) is 0 Å². The first-order valence-electron chi connectivity index (χ1n) is 12.3. The third-order valence-electron chi connectivity index (χ3n) is 7.30. The Hall–Kier alpha value is -3.89. The monoisotopic (exact) mass is 526 g/mol. The smallest absolute Gasteiger partial charge is 0.406 e. The summed E-state index contributed by atoms with van der Waals surface area (Å²) in [6.45, 7) is 4.52. The van der Waals surface area contributed by atoms with E-state index in [-0.39, 0.29) is 5.92 Å². The number of likely N-dealkylation sites (tertiary alicyclic amines) is 1. The zero-order valence-corrected chi connectivity index (χ0v) is 21.6. The summed E-state index contributed by atoms with van der Waals surface area (Å²) in [5.74, 6) is -0.307. The topological polar surface area (TPSA) is 78.1 Å². The van der Waals surface area contributed by atoms with Crippen LogP contribution in [0.3, 0.4) is 0 Å². The van der Waals surface area contributed by atoms with Crippen molar-refractivity contribution in [1.29, 1.82) is 0 Å². The van der Waals surface area contributed by atoms with E-state index in [1.54, 1.807) is 37.9 Å². The summed E-state index contributed by atoms with van der Waals surface area (Å²) in [5, 5.41) is 8.47. The number of amides is 1. The number of imidazole rings is 1. The van der Waals surface area contributed by atoms with E-state index in [2.05, 4.69) is 15.3 Å². The van der Waals surface area contributed by atoms with Crippen molar-refractivity contribution >= 4 is 5.91 Å². The van der Waals surface area contributed by atoms with Crippen LogP contribution in [0.5, 0.6) is 5.75 Å².